The largest absolute Gasteiger partial charge is 0.478 e. The van der Waals surface area contributed by atoms with Crippen LogP contribution in [0.15, 0.2) is 18.3 Å². The first-order chi connectivity index (χ1) is 11.6. The van der Waals surface area contributed by atoms with Crippen molar-refractivity contribution in [1.29, 1.82) is 0 Å². The summed E-state index contributed by atoms with van der Waals surface area (Å²) in [5, 5.41) is 19.8. The summed E-state index contributed by atoms with van der Waals surface area (Å²) in [5.74, 6) is -0.882. The third-order valence-corrected chi connectivity index (χ3v) is 5.00. The van der Waals surface area contributed by atoms with E-state index in [1.165, 1.54) is 31.5 Å². The lowest BCUT2D eigenvalue weighted by molar-refractivity contribution is 0.0698. The van der Waals surface area contributed by atoms with Crippen LogP contribution in [0.25, 0.3) is 10.9 Å². The van der Waals surface area contributed by atoms with Gasteiger partial charge in [0.25, 0.3) is 0 Å². The van der Waals surface area contributed by atoms with E-state index >= 15 is 0 Å². The molecule has 5 nitrogen and oxygen atoms in total. The number of likely N-dealkylation sites (tertiary alicyclic amines) is 1. The van der Waals surface area contributed by atoms with Crippen molar-refractivity contribution in [2.75, 3.05) is 26.2 Å². The molecule has 1 aliphatic heterocycles. The number of carbonyl (C=O) groups is 1. The summed E-state index contributed by atoms with van der Waals surface area (Å²) >= 11 is 0. The molecule has 24 heavy (non-hydrogen) atoms. The second-order valence-electron chi connectivity index (χ2n) is 6.68. The fourth-order valence-electron chi connectivity index (χ4n) is 3.74. The van der Waals surface area contributed by atoms with Gasteiger partial charge in [0.2, 0.25) is 0 Å². The van der Waals surface area contributed by atoms with Gasteiger partial charge in [-0.2, -0.15) is 0 Å². The summed E-state index contributed by atoms with van der Waals surface area (Å²) in [4.78, 5) is 14.2. The number of nitrogens with zero attached hydrogens (tertiary/aromatic N) is 2. The van der Waals surface area contributed by atoms with Crippen LogP contribution in [0.5, 0.6) is 0 Å². The zero-order valence-electron chi connectivity index (χ0n) is 14.3. The molecule has 1 aromatic heterocycles. The highest BCUT2D eigenvalue weighted by atomic mass is 16.4. The van der Waals surface area contributed by atoms with Crippen molar-refractivity contribution in [2.24, 2.45) is 0 Å². The number of carboxylic acids is 1. The van der Waals surface area contributed by atoms with Crippen molar-refractivity contribution in [3.63, 3.8) is 0 Å². The predicted octanol–water partition coefficient (Wildman–Crippen LogP) is 2.67. The van der Waals surface area contributed by atoms with Crippen LogP contribution < -0.4 is 0 Å². The molecular weight excluding hydrogens is 304 g/mol. The fourth-order valence-corrected chi connectivity index (χ4v) is 3.74. The topological polar surface area (TPSA) is 65.7 Å². The summed E-state index contributed by atoms with van der Waals surface area (Å²) in [6.45, 7) is 5.95. The van der Waals surface area contributed by atoms with Crippen LogP contribution in [-0.4, -0.2) is 51.9 Å². The number of fused-ring (bicyclic) bond motifs is 1. The van der Waals surface area contributed by atoms with Crippen molar-refractivity contribution in [3.05, 3.63) is 35.0 Å². The highest BCUT2D eigenvalue weighted by molar-refractivity contribution is 6.04. The lowest BCUT2D eigenvalue weighted by Crippen LogP contribution is -2.21. The number of hydrogen-bond donors (Lipinski definition) is 2. The quantitative estimate of drug-likeness (QED) is 0.819. The van der Waals surface area contributed by atoms with Crippen molar-refractivity contribution < 1.29 is 15.0 Å². The van der Waals surface area contributed by atoms with E-state index in [0.717, 1.165) is 29.4 Å². The van der Waals surface area contributed by atoms with E-state index in [1.807, 2.05) is 23.6 Å². The molecule has 1 aromatic carbocycles. The molecule has 1 saturated heterocycles. The van der Waals surface area contributed by atoms with E-state index in [1.54, 1.807) is 0 Å². The van der Waals surface area contributed by atoms with E-state index in [2.05, 4.69) is 11.1 Å². The van der Waals surface area contributed by atoms with Crippen molar-refractivity contribution >= 4 is 16.9 Å². The van der Waals surface area contributed by atoms with E-state index in [-0.39, 0.29) is 6.61 Å². The van der Waals surface area contributed by atoms with Crippen molar-refractivity contribution in [2.45, 2.75) is 39.2 Å². The third kappa shape index (κ3) is 3.32. The number of aromatic carboxylic acids is 1. The highest BCUT2D eigenvalue weighted by Gasteiger charge is 2.19. The summed E-state index contributed by atoms with van der Waals surface area (Å²) in [6, 6.07) is 3.95. The molecule has 0 spiro atoms. The van der Waals surface area contributed by atoms with E-state index in [0.29, 0.717) is 18.5 Å². The number of rotatable bonds is 7. The van der Waals surface area contributed by atoms with Gasteiger partial charge in [0.1, 0.15) is 0 Å². The molecule has 1 fully saturated rings. The Bertz CT molecular complexity index is 730. The maximum atomic E-state index is 11.8. The Balaban J connectivity index is 1.99. The van der Waals surface area contributed by atoms with Crippen molar-refractivity contribution in [3.8, 4) is 0 Å². The van der Waals surface area contributed by atoms with Crippen LogP contribution in [0, 0.1) is 6.92 Å². The predicted molar refractivity (Wildman–Crippen MR) is 94.7 cm³/mol. The van der Waals surface area contributed by atoms with Crippen molar-refractivity contribution in [1.82, 2.24) is 9.47 Å². The molecule has 0 radical (unpaired) electrons. The molecule has 0 atom stereocenters. The number of hydrogen-bond acceptors (Lipinski definition) is 3. The molecule has 5 heteroatoms. The van der Waals surface area contributed by atoms with E-state index in [4.69, 9.17) is 5.11 Å². The maximum Gasteiger partial charge on any atom is 0.338 e. The molecule has 3 rings (SSSR count). The maximum absolute atomic E-state index is 11.8. The molecule has 130 valence electrons. The van der Waals surface area contributed by atoms with Gasteiger partial charge in [-0.15, -0.1) is 0 Å². The second kappa shape index (κ2) is 7.36. The van der Waals surface area contributed by atoms with Gasteiger partial charge >= 0.3 is 5.97 Å². The normalized spacial score (nSPS) is 15.4. The second-order valence-corrected chi connectivity index (χ2v) is 6.68. The molecule has 0 aliphatic carbocycles. The summed E-state index contributed by atoms with van der Waals surface area (Å²) < 4.78 is 2.02. The number of benzene rings is 1. The lowest BCUT2D eigenvalue weighted by Gasteiger charge is -2.13. The molecule has 0 amide bonds. The molecule has 2 heterocycles. The van der Waals surface area contributed by atoms with E-state index < -0.39 is 5.97 Å². The molecule has 0 bridgehead atoms. The Morgan fingerprint density at radius 3 is 2.62 bits per heavy atom. The van der Waals surface area contributed by atoms with E-state index in [9.17, 15) is 9.90 Å². The van der Waals surface area contributed by atoms with Gasteiger partial charge in [-0.25, -0.2) is 4.79 Å². The van der Waals surface area contributed by atoms with Crippen LogP contribution in [0.3, 0.4) is 0 Å². The number of aliphatic hydroxyl groups is 1. The summed E-state index contributed by atoms with van der Waals surface area (Å²) in [5.41, 5.74) is 3.17. The van der Waals surface area contributed by atoms with Gasteiger partial charge in [-0.1, -0.05) is 12.1 Å². The minimum absolute atomic E-state index is 0.108. The molecule has 2 N–H and O–H groups in total. The minimum atomic E-state index is -0.882. The van der Waals surface area contributed by atoms with Crippen LogP contribution in [0.2, 0.25) is 0 Å². The summed E-state index contributed by atoms with van der Waals surface area (Å²) in [7, 11) is 0. The average Bonchev–Trinajstić information content (AvgIpc) is 3.18. The Morgan fingerprint density at radius 1 is 1.21 bits per heavy atom. The Kier molecular flexibility index (Phi) is 5.21. The monoisotopic (exact) mass is 330 g/mol. The fraction of sp³-hybridized carbons (Fsp3) is 0.526. The number of aryl methyl sites for hydroxylation is 2. The highest BCUT2D eigenvalue weighted by Crippen LogP contribution is 2.28. The Morgan fingerprint density at radius 2 is 1.96 bits per heavy atom. The average molecular weight is 330 g/mol. The van der Waals surface area contributed by atoms with Crippen LogP contribution in [0.4, 0.5) is 0 Å². The SMILES string of the molecule is Cc1ccc2c(CCN3CCCC3)cn(CCCO)c2c1C(=O)O. The Hall–Kier alpha value is -1.85. The number of aromatic nitrogens is 1. The standard InChI is InChI=1S/C19H26N2O3/c1-14-5-6-16-15(7-11-20-8-2-3-9-20)13-21(10-4-12-22)18(16)17(14)19(23)24/h5-6,13,22H,2-4,7-12H2,1H3,(H,23,24). The van der Waals surface area contributed by atoms with Crippen LogP contribution >= 0.6 is 0 Å². The van der Waals surface area contributed by atoms with Gasteiger partial charge in [-0.3, -0.25) is 0 Å². The van der Waals surface area contributed by atoms with Gasteiger partial charge in [0.15, 0.2) is 0 Å². The molecule has 2 aromatic rings. The minimum Gasteiger partial charge on any atom is -0.478 e. The number of aliphatic hydroxyl groups excluding tert-OH is 1. The van der Waals surface area contributed by atoms with Crippen LogP contribution in [0.1, 0.15) is 40.7 Å². The number of carboxylic acid groups (broad SMARTS) is 1. The molecular formula is C19H26N2O3. The first-order valence-electron chi connectivity index (χ1n) is 8.79. The lowest BCUT2D eigenvalue weighted by atomic mass is 10.0. The molecule has 0 saturated carbocycles. The zero-order valence-corrected chi connectivity index (χ0v) is 14.3. The van der Waals surface area contributed by atoms with Gasteiger partial charge in [-0.05, 0) is 56.8 Å². The zero-order chi connectivity index (χ0) is 17.1. The molecule has 1 aliphatic rings. The third-order valence-electron chi connectivity index (χ3n) is 5.00. The first-order valence-corrected chi connectivity index (χ1v) is 8.79. The van der Waals surface area contributed by atoms with Gasteiger partial charge < -0.3 is 19.7 Å². The smallest absolute Gasteiger partial charge is 0.338 e. The van der Waals surface area contributed by atoms with Gasteiger partial charge in [0.05, 0.1) is 11.1 Å². The summed E-state index contributed by atoms with van der Waals surface area (Å²) in [6.07, 6.45) is 6.20. The van der Waals surface area contributed by atoms with Gasteiger partial charge in [0, 0.05) is 31.3 Å². The molecule has 0 unspecified atom stereocenters. The first kappa shape index (κ1) is 17.0. The van der Waals surface area contributed by atoms with Crippen LogP contribution in [-0.2, 0) is 13.0 Å². The Labute approximate surface area is 142 Å².